The monoisotopic (exact) mass is 422 g/mol. The standard InChI is InChI=1S/C21H22N6O2S/c1-24-19(28)16-12-30-18-17(16)25-21(26-8-4-7-15(23)11-26)27(20(18)29)10-14-6-3-2-5-13(14)9-22/h2-3,5-6,12,15H,4,7-8,10-11,23H2,1H3,(H,24,28). The number of nitrogens with one attached hydrogen (secondary N) is 1. The number of aromatic nitrogens is 2. The smallest absolute Gasteiger partial charge is 0.273 e. The Morgan fingerprint density at radius 2 is 2.23 bits per heavy atom. The van der Waals surface area contributed by atoms with Gasteiger partial charge in [-0.2, -0.15) is 5.26 Å². The van der Waals surface area contributed by atoms with Gasteiger partial charge < -0.3 is 16.0 Å². The Morgan fingerprint density at radius 3 is 2.97 bits per heavy atom. The molecule has 0 saturated carbocycles. The number of carbonyl (C=O) groups is 1. The summed E-state index contributed by atoms with van der Waals surface area (Å²) >= 11 is 1.21. The summed E-state index contributed by atoms with van der Waals surface area (Å²) in [5.41, 5.74) is 8.02. The van der Waals surface area contributed by atoms with Crippen LogP contribution in [0.5, 0.6) is 0 Å². The van der Waals surface area contributed by atoms with Gasteiger partial charge in [-0.3, -0.25) is 14.2 Å². The van der Waals surface area contributed by atoms with Gasteiger partial charge >= 0.3 is 0 Å². The molecule has 0 aliphatic carbocycles. The summed E-state index contributed by atoms with van der Waals surface area (Å²) in [6.07, 6.45) is 1.82. The van der Waals surface area contributed by atoms with Gasteiger partial charge in [0.15, 0.2) is 0 Å². The molecule has 0 radical (unpaired) electrons. The Bertz CT molecular complexity index is 1210. The molecule has 3 heterocycles. The molecule has 1 aliphatic heterocycles. The lowest BCUT2D eigenvalue weighted by Crippen LogP contribution is -2.45. The van der Waals surface area contributed by atoms with E-state index < -0.39 is 0 Å². The van der Waals surface area contributed by atoms with Gasteiger partial charge in [0.2, 0.25) is 5.95 Å². The van der Waals surface area contributed by atoms with Crippen molar-refractivity contribution in [2.24, 2.45) is 5.73 Å². The third-order valence-corrected chi connectivity index (χ3v) is 6.29. The van der Waals surface area contributed by atoms with Gasteiger partial charge in [-0.1, -0.05) is 18.2 Å². The number of nitrogens with two attached hydrogens (primary N) is 1. The highest BCUT2D eigenvalue weighted by Gasteiger charge is 2.25. The van der Waals surface area contributed by atoms with Crippen LogP contribution < -0.4 is 21.5 Å². The molecule has 1 saturated heterocycles. The van der Waals surface area contributed by atoms with Crippen LogP contribution in [0.4, 0.5) is 5.95 Å². The second-order valence-electron chi connectivity index (χ2n) is 7.33. The molecule has 1 atom stereocenters. The van der Waals surface area contributed by atoms with Crippen LogP contribution in [0.3, 0.4) is 0 Å². The molecule has 3 aromatic rings. The molecule has 4 rings (SSSR count). The number of carbonyl (C=O) groups excluding carboxylic acids is 1. The Morgan fingerprint density at radius 1 is 1.43 bits per heavy atom. The Kier molecular flexibility index (Phi) is 5.53. The molecule has 0 bridgehead atoms. The highest BCUT2D eigenvalue weighted by molar-refractivity contribution is 7.17. The largest absolute Gasteiger partial charge is 0.355 e. The second-order valence-corrected chi connectivity index (χ2v) is 8.21. The first-order valence-electron chi connectivity index (χ1n) is 9.76. The molecule has 30 heavy (non-hydrogen) atoms. The van der Waals surface area contributed by atoms with Crippen molar-refractivity contribution in [3.8, 4) is 6.07 Å². The average molecular weight is 423 g/mol. The fourth-order valence-corrected chi connectivity index (χ4v) is 4.73. The lowest BCUT2D eigenvalue weighted by Gasteiger charge is -2.33. The van der Waals surface area contributed by atoms with E-state index in [1.807, 2.05) is 17.0 Å². The number of piperidine rings is 1. The molecule has 9 heteroatoms. The Hall–Kier alpha value is -3.22. The fraction of sp³-hybridized carbons (Fsp3) is 0.333. The summed E-state index contributed by atoms with van der Waals surface area (Å²) in [6, 6.07) is 9.39. The minimum atomic E-state index is -0.276. The Balaban J connectivity index is 1.92. The number of hydrogen-bond donors (Lipinski definition) is 2. The number of nitriles is 1. The summed E-state index contributed by atoms with van der Waals surface area (Å²) in [6.45, 7) is 1.53. The number of thiophene rings is 1. The molecular formula is C21H22N6O2S. The molecule has 0 spiro atoms. The minimum absolute atomic E-state index is 0.00733. The number of hydrogen-bond acceptors (Lipinski definition) is 7. The third kappa shape index (κ3) is 3.56. The van der Waals surface area contributed by atoms with Crippen molar-refractivity contribution < 1.29 is 4.79 Å². The molecule has 1 fully saturated rings. The molecule has 1 amide bonds. The van der Waals surface area contributed by atoms with Gasteiger partial charge in [0.25, 0.3) is 11.5 Å². The summed E-state index contributed by atoms with van der Waals surface area (Å²) in [5.74, 6) is 0.209. The zero-order chi connectivity index (χ0) is 21.3. The van der Waals surface area contributed by atoms with Crippen LogP contribution >= 0.6 is 11.3 Å². The van der Waals surface area contributed by atoms with Crippen molar-refractivity contribution in [2.45, 2.75) is 25.4 Å². The number of benzene rings is 1. The van der Waals surface area contributed by atoms with Crippen LogP contribution in [0.2, 0.25) is 0 Å². The predicted octanol–water partition coefficient (Wildman–Crippen LogP) is 1.67. The molecule has 8 nitrogen and oxygen atoms in total. The first kappa shape index (κ1) is 20.1. The van der Waals surface area contributed by atoms with Crippen LogP contribution in [-0.4, -0.2) is 41.6 Å². The van der Waals surface area contributed by atoms with E-state index >= 15 is 0 Å². The molecule has 1 aliphatic rings. The van der Waals surface area contributed by atoms with Crippen molar-refractivity contribution in [1.82, 2.24) is 14.9 Å². The second kappa shape index (κ2) is 8.26. The van der Waals surface area contributed by atoms with Crippen LogP contribution in [0, 0.1) is 11.3 Å². The van der Waals surface area contributed by atoms with Crippen molar-refractivity contribution in [3.05, 3.63) is 56.7 Å². The summed E-state index contributed by atoms with van der Waals surface area (Å²) in [7, 11) is 1.55. The first-order valence-corrected chi connectivity index (χ1v) is 10.6. The fourth-order valence-electron chi connectivity index (χ4n) is 3.80. The van der Waals surface area contributed by atoms with E-state index in [1.165, 1.54) is 11.3 Å². The van der Waals surface area contributed by atoms with Gasteiger partial charge in [-0.15, -0.1) is 11.3 Å². The zero-order valence-electron chi connectivity index (χ0n) is 16.6. The van der Waals surface area contributed by atoms with E-state index in [0.717, 1.165) is 24.9 Å². The number of nitrogens with zero attached hydrogens (tertiary/aromatic N) is 4. The third-order valence-electron chi connectivity index (χ3n) is 5.34. The molecular weight excluding hydrogens is 400 g/mol. The van der Waals surface area contributed by atoms with E-state index in [2.05, 4.69) is 11.4 Å². The normalized spacial score (nSPS) is 16.4. The average Bonchev–Trinajstić information content (AvgIpc) is 3.19. The van der Waals surface area contributed by atoms with Crippen molar-refractivity contribution in [3.63, 3.8) is 0 Å². The van der Waals surface area contributed by atoms with Crippen molar-refractivity contribution in [2.75, 3.05) is 25.0 Å². The number of rotatable bonds is 4. The molecule has 1 aromatic carbocycles. The quantitative estimate of drug-likeness (QED) is 0.660. The maximum atomic E-state index is 13.5. The van der Waals surface area contributed by atoms with E-state index in [9.17, 15) is 14.9 Å². The van der Waals surface area contributed by atoms with Gasteiger partial charge in [-0.25, -0.2) is 4.98 Å². The molecule has 3 N–H and O–H groups in total. The molecule has 2 aromatic heterocycles. The van der Waals surface area contributed by atoms with E-state index in [1.54, 1.807) is 29.1 Å². The van der Waals surface area contributed by atoms with Crippen molar-refractivity contribution in [1.29, 1.82) is 5.26 Å². The van der Waals surface area contributed by atoms with Gasteiger partial charge in [0, 0.05) is 31.6 Å². The van der Waals surface area contributed by atoms with Crippen LogP contribution in [0.1, 0.15) is 34.3 Å². The SMILES string of the molecule is CNC(=O)c1csc2c(=O)n(Cc3ccccc3C#N)c(N3CCCC(N)C3)nc12. The van der Waals surface area contributed by atoms with Gasteiger partial charge in [-0.05, 0) is 24.5 Å². The number of fused-ring (bicyclic) bond motifs is 1. The van der Waals surface area contributed by atoms with E-state index in [-0.39, 0.29) is 24.1 Å². The van der Waals surface area contributed by atoms with Crippen LogP contribution in [-0.2, 0) is 6.54 Å². The molecule has 1 unspecified atom stereocenters. The zero-order valence-corrected chi connectivity index (χ0v) is 17.4. The summed E-state index contributed by atoms with van der Waals surface area (Å²) < 4.78 is 2.02. The van der Waals surface area contributed by atoms with Gasteiger partial charge in [0.05, 0.1) is 23.7 Å². The maximum Gasteiger partial charge on any atom is 0.273 e. The van der Waals surface area contributed by atoms with Crippen molar-refractivity contribution >= 4 is 33.4 Å². The molecule has 154 valence electrons. The van der Waals surface area contributed by atoms with E-state index in [0.29, 0.717) is 33.8 Å². The topological polar surface area (TPSA) is 117 Å². The summed E-state index contributed by atoms with van der Waals surface area (Å²) in [4.78, 5) is 32.5. The maximum absolute atomic E-state index is 13.5. The van der Waals surface area contributed by atoms with Gasteiger partial charge in [0.1, 0.15) is 10.2 Å². The number of anilines is 1. The lowest BCUT2D eigenvalue weighted by atomic mass is 10.1. The highest BCUT2D eigenvalue weighted by atomic mass is 32.1. The van der Waals surface area contributed by atoms with Crippen LogP contribution in [0.15, 0.2) is 34.4 Å². The summed E-state index contributed by atoms with van der Waals surface area (Å²) in [5, 5.41) is 13.7. The number of amides is 1. The van der Waals surface area contributed by atoms with Crippen LogP contribution in [0.25, 0.3) is 10.2 Å². The lowest BCUT2D eigenvalue weighted by molar-refractivity contribution is 0.0965. The minimum Gasteiger partial charge on any atom is -0.355 e. The highest BCUT2D eigenvalue weighted by Crippen LogP contribution is 2.26. The predicted molar refractivity (Wildman–Crippen MR) is 117 cm³/mol. The first-order chi connectivity index (χ1) is 14.5. The Labute approximate surface area is 177 Å². The van der Waals surface area contributed by atoms with E-state index in [4.69, 9.17) is 10.7 Å².